The van der Waals surface area contributed by atoms with Gasteiger partial charge in [0.05, 0.1) is 12.1 Å². The monoisotopic (exact) mass is 327 g/mol. The first-order chi connectivity index (χ1) is 11.7. The van der Waals surface area contributed by atoms with Crippen molar-refractivity contribution in [3.05, 3.63) is 0 Å². The lowest BCUT2D eigenvalue weighted by atomic mass is 9.49. The van der Waals surface area contributed by atoms with Crippen molar-refractivity contribution in [3.8, 4) is 6.07 Å². The summed E-state index contributed by atoms with van der Waals surface area (Å²) in [7, 11) is 0. The molecule has 0 aromatic carbocycles. The van der Waals surface area contributed by atoms with Gasteiger partial charge in [-0.15, -0.1) is 0 Å². The van der Waals surface area contributed by atoms with E-state index in [-0.39, 0.29) is 18.0 Å². The zero-order valence-corrected chi connectivity index (χ0v) is 14.5. The van der Waals surface area contributed by atoms with Crippen molar-refractivity contribution in [2.24, 2.45) is 35.5 Å². The molecule has 6 fully saturated rings. The Morgan fingerprint density at radius 2 is 1.71 bits per heavy atom. The molecule has 4 heteroatoms. The predicted molar refractivity (Wildman–Crippen MR) is 90.8 cm³/mol. The van der Waals surface area contributed by atoms with Crippen molar-refractivity contribution in [3.63, 3.8) is 0 Å². The molecule has 130 valence electrons. The van der Waals surface area contributed by atoms with E-state index >= 15 is 0 Å². The molecule has 0 aromatic rings. The first-order valence-corrected chi connectivity index (χ1v) is 10.2. The fraction of sp³-hybridized carbons (Fsp3) is 0.900. The van der Waals surface area contributed by atoms with E-state index in [1.54, 1.807) is 0 Å². The van der Waals surface area contributed by atoms with Crippen LogP contribution in [0.25, 0.3) is 0 Å². The SMILES string of the molecule is N#C[C@@H]1CCCN1C(=O)[C@@H]1CC(C2C3CC4CC(C3)CC2C4)CN1. The molecule has 4 nitrogen and oxygen atoms in total. The first-order valence-electron chi connectivity index (χ1n) is 10.2. The summed E-state index contributed by atoms with van der Waals surface area (Å²) in [5, 5.41) is 12.8. The largest absolute Gasteiger partial charge is 0.325 e. The highest BCUT2D eigenvalue weighted by Crippen LogP contribution is 2.59. The van der Waals surface area contributed by atoms with Crippen LogP contribution < -0.4 is 5.32 Å². The van der Waals surface area contributed by atoms with E-state index < -0.39 is 0 Å². The Balaban J connectivity index is 1.26. The third-order valence-corrected chi connectivity index (χ3v) is 7.99. The zero-order valence-electron chi connectivity index (χ0n) is 14.5. The highest BCUT2D eigenvalue weighted by Gasteiger charge is 2.52. The van der Waals surface area contributed by atoms with Gasteiger partial charge in [0.2, 0.25) is 5.91 Å². The molecule has 6 aliphatic rings. The molecule has 2 aliphatic heterocycles. The van der Waals surface area contributed by atoms with E-state index in [1.165, 1.54) is 32.1 Å². The summed E-state index contributed by atoms with van der Waals surface area (Å²) in [5.41, 5.74) is 0. The van der Waals surface area contributed by atoms with Crippen molar-refractivity contribution in [2.75, 3.05) is 13.1 Å². The topological polar surface area (TPSA) is 56.1 Å². The van der Waals surface area contributed by atoms with Gasteiger partial charge >= 0.3 is 0 Å². The third-order valence-electron chi connectivity index (χ3n) is 7.99. The van der Waals surface area contributed by atoms with Crippen LogP contribution in [0, 0.1) is 46.8 Å². The number of likely N-dealkylation sites (tertiary alicyclic amines) is 1. The highest BCUT2D eigenvalue weighted by atomic mass is 16.2. The molecule has 24 heavy (non-hydrogen) atoms. The summed E-state index contributed by atoms with van der Waals surface area (Å²) in [6.45, 7) is 1.80. The number of amides is 1. The number of nitrogens with one attached hydrogen (secondary N) is 1. The van der Waals surface area contributed by atoms with Gasteiger partial charge in [-0.1, -0.05) is 0 Å². The molecule has 0 radical (unpaired) electrons. The second-order valence-corrected chi connectivity index (χ2v) is 9.28. The molecule has 1 amide bonds. The van der Waals surface area contributed by atoms with Gasteiger partial charge in [0.15, 0.2) is 0 Å². The molecule has 6 rings (SSSR count). The second-order valence-electron chi connectivity index (χ2n) is 9.28. The average molecular weight is 327 g/mol. The molecule has 1 N–H and O–H groups in total. The van der Waals surface area contributed by atoms with Gasteiger partial charge in [-0.2, -0.15) is 5.26 Å². The van der Waals surface area contributed by atoms with E-state index in [2.05, 4.69) is 11.4 Å². The van der Waals surface area contributed by atoms with Crippen LogP contribution in [0.15, 0.2) is 0 Å². The van der Waals surface area contributed by atoms with Crippen molar-refractivity contribution in [1.82, 2.24) is 10.2 Å². The van der Waals surface area contributed by atoms with Gasteiger partial charge in [0, 0.05) is 6.54 Å². The Morgan fingerprint density at radius 3 is 2.38 bits per heavy atom. The van der Waals surface area contributed by atoms with Crippen molar-refractivity contribution >= 4 is 5.91 Å². The quantitative estimate of drug-likeness (QED) is 0.848. The minimum Gasteiger partial charge on any atom is -0.325 e. The van der Waals surface area contributed by atoms with Gasteiger partial charge < -0.3 is 10.2 Å². The standard InChI is InChI=1S/C20H29N3O/c21-10-17-2-1-3-23(17)20(24)18-9-16(11-22-18)19-14-5-12-4-13(7-14)8-15(19)6-12/h12-19,22H,1-9,11H2/t12?,13?,14?,15?,16?,17-,18-,19?/m0/s1. The molecule has 2 saturated heterocycles. The van der Waals surface area contributed by atoms with Gasteiger partial charge in [0.25, 0.3) is 0 Å². The molecule has 4 aliphatic carbocycles. The summed E-state index contributed by atoms with van der Waals surface area (Å²) in [4.78, 5) is 14.7. The van der Waals surface area contributed by atoms with Gasteiger partial charge in [-0.3, -0.25) is 4.79 Å². The van der Waals surface area contributed by atoms with E-state index in [0.29, 0.717) is 5.92 Å². The highest BCUT2D eigenvalue weighted by molar-refractivity contribution is 5.83. The molecule has 0 spiro atoms. The number of hydrogen-bond donors (Lipinski definition) is 1. The van der Waals surface area contributed by atoms with Crippen molar-refractivity contribution < 1.29 is 4.79 Å². The van der Waals surface area contributed by atoms with Gasteiger partial charge in [-0.25, -0.2) is 0 Å². The zero-order chi connectivity index (χ0) is 16.3. The minimum atomic E-state index is -0.181. The van der Waals surface area contributed by atoms with Crippen LogP contribution in [0.2, 0.25) is 0 Å². The molecule has 4 saturated carbocycles. The van der Waals surface area contributed by atoms with Crippen LogP contribution in [0.4, 0.5) is 0 Å². The molecule has 1 unspecified atom stereocenters. The lowest BCUT2D eigenvalue weighted by Gasteiger charge is -2.56. The molecule has 4 bridgehead atoms. The van der Waals surface area contributed by atoms with Crippen molar-refractivity contribution in [1.29, 1.82) is 5.26 Å². The maximum Gasteiger partial charge on any atom is 0.240 e. The number of carbonyl (C=O) groups is 1. The fourth-order valence-corrected chi connectivity index (χ4v) is 7.35. The summed E-state index contributed by atoms with van der Waals surface area (Å²) < 4.78 is 0. The Bertz CT molecular complexity index is 540. The molecular weight excluding hydrogens is 298 g/mol. The fourth-order valence-electron chi connectivity index (χ4n) is 7.35. The Hall–Kier alpha value is -1.08. The summed E-state index contributed by atoms with van der Waals surface area (Å²) in [5.74, 6) is 5.70. The summed E-state index contributed by atoms with van der Waals surface area (Å²) >= 11 is 0. The summed E-state index contributed by atoms with van der Waals surface area (Å²) in [6, 6.07) is 2.10. The number of hydrogen-bond acceptors (Lipinski definition) is 3. The van der Waals surface area contributed by atoms with E-state index in [4.69, 9.17) is 0 Å². The number of nitriles is 1. The van der Waals surface area contributed by atoms with Crippen LogP contribution in [-0.4, -0.2) is 36.0 Å². The van der Waals surface area contributed by atoms with Crippen LogP contribution in [0.1, 0.15) is 51.4 Å². The second kappa shape index (κ2) is 5.73. The number of rotatable bonds is 2. The van der Waals surface area contributed by atoms with Crippen LogP contribution >= 0.6 is 0 Å². The van der Waals surface area contributed by atoms with Gasteiger partial charge in [0.1, 0.15) is 6.04 Å². The van der Waals surface area contributed by atoms with Crippen LogP contribution in [-0.2, 0) is 4.79 Å². The lowest BCUT2D eigenvalue weighted by molar-refractivity contribution is -0.133. The van der Waals surface area contributed by atoms with Crippen LogP contribution in [0.5, 0.6) is 0 Å². The Labute approximate surface area is 145 Å². The third kappa shape index (κ3) is 2.31. The first kappa shape index (κ1) is 15.2. The molecular formula is C20H29N3O. The van der Waals surface area contributed by atoms with E-state index in [0.717, 1.165) is 61.9 Å². The minimum absolute atomic E-state index is 0.0267. The average Bonchev–Trinajstić information content (AvgIpc) is 3.22. The van der Waals surface area contributed by atoms with E-state index in [9.17, 15) is 10.1 Å². The smallest absolute Gasteiger partial charge is 0.240 e. The molecule has 2 heterocycles. The Morgan fingerprint density at radius 1 is 1.00 bits per heavy atom. The summed E-state index contributed by atoms with van der Waals surface area (Å²) in [6.07, 6.45) is 10.2. The lowest BCUT2D eigenvalue weighted by Crippen LogP contribution is -2.48. The molecule has 0 aromatic heterocycles. The molecule has 3 atom stereocenters. The maximum atomic E-state index is 12.9. The normalized spacial score (nSPS) is 49.5. The van der Waals surface area contributed by atoms with Crippen molar-refractivity contribution in [2.45, 2.75) is 63.5 Å². The van der Waals surface area contributed by atoms with Crippen LogP contribution in [0.3, 0.4) is 0 Å². The number of nitrogens with zero attached hydrogens (tertiary/aromatic N) is 2. The maximum absolute atomic E-state index is 12.9. The van der Waals surface area contributed by atoms with E-state index in [1.807, 2.05) is 4.90 Å². The predicted octanol–water partition coefficient (Wildman–Crippen LogP) is 2.55. The van der Waals surface area contributed by atoms with Gasteiger partial charge in [-0.05, 0) is 93.4 Å². The Kier molecular flexibility index (Phi) is 3.63. The number of carbonyl (C=O) groups excluding carboxylic acids is 1.